The van der Waals surface area contributed by atoms with Gasteiger partial charge in [0.1, 0.15) is 18.8 Å². The van der Waals surface area contributed by atoms with Crippen LogP contribution in [0.1, 0.15) is 49.8 Å². The molecule has 0 radical (unpaired) electrons. The maximum atomic E-state index is 12.1. The van der Waals surface area contributed by atoms with E-state index in [0.29, 0.717) is 17.0 Å². The molecule has 1 saturated heterocycles. The number of thiophene rings is 1. The van der Waals surface area contributed by atoms with Crippen molar-refractivity contribution in [1.82, 2.24) is 0 Å². The number of hydrogen-bond acceptors (Lipinski definition) is 10. The Hall–Kier alpha value is -2.95. The van der Waals surface area contributed by atoms with Crippen LogP contribution in [0.5, 0.6) is 0 Å². The van der Waals surface area contributed by atoms with E-state index in [9.17, 15) is 19.2 Å². The minimum Gasteiger partial charge on any atom is -0.463 e. The SMILES string of the molecule is CC(=O)OC[C@H]1O[C@@H](c2ccc(Cl)c(Cc3cccs3)c2)[C@H](OC(C)=O)[C@@H](OC(C)=O)[C@@H]1OC(C)=O. The zero-order valence-corrected chi connectivity index (χ0v) is 21.8. The molecule has 0 aliphatic carbocycles. The Bertz CT molecular complexity index is 1100. The van der Waals surface area contributed by atoms with Crippen molar-refractivity contribution in [1.29, 1.82) is 0 Å². The van der Waals surface area contributed by atoms with Crippen molar-refractivity contribution in [2.24, 2.45) is 0 Å². The molecule has 36 heavy (non-hydrogen) atoms. The van der Waals surface area contributed by atoms with Crippen molar-refractivity contribution in [2.75, 3.05) is 6.61 Å². The minimum absolute atomic E-state index is 0.288. The largest absolute Gasteiger partial charge is 0.463 e. The third kappa shape index (κ3) is 7.28. The second kappa shape index (κ2) is 12.3. The standard InChI is InChI=1S/C25H27ClO9S/c1-13(27)31-12-21-23(32-14(2)28)25(34-16(4)30)24(33-15(3)29)22(35-21)17-7-8-20(26)18(10-17)11-19-6-5-9-36-19/h5-10,21-25H,11-12H2,1-4H3/t21-,22+,23-,24+,25+/m1/s1. The third-order valence-corrected chi connectivity index (χ3v) is 6.58. The van der Waals surface area contributed by atoms with Gasteiger partial charge in [-0.15, -0.1) is 11.3 Å². The summed E-state index contributed by atoms with van der Waals surface area (Å²) in [6.07, 6.45) is -5.01. The summed E-state index contributed by atoms with van der Waals surface area (Å²) in [5.41, 5.74) is 1.40. The van der Waals surface area contributed by atoms with Gasteiger partial charge in [-0.3, -0.25) is 19.2 Å². The topological polar surface area (TPSA) is 114 Å². The van der Waals surface area contributed by atoms with Crippen LogP contribution in [0.25, 0.3) is 0 Å². The molecule has 11 heteroatoms. The molecule has 1 aromatic carbocycles. The highest BCUT2D eigenvalue weighted by molar-refractivity contribution is 7.09. The number of ether oxygens (including phenoxy) is 5. The van der Waals surface area contributed by atoms with Crippen LogP contribution in [0.15, 0.2) is 35.7 Å². The average Bonchev–Trinajstić information content (AvgIpc) is 3.29. The van der Waals surface area contributed by atoms with Gasteiger partial charge in [0.2, 0.25) is 0 Å². The van der Waals surface area contributed by atoms with Gasteiger partial charge < -0.3 is 23.7 Å². The predicted molar refractivity (Wildman–Crippen MR) is 129 cm³/mol. The molecular weight excluding hydrogens is 512 g/mol. The molecule has 2 heterocycles. The fraction of sp³-hybridized carbons (Fsp3) is 0.440. The summed E-state index contributed by atoms with van der Waals surface area (Å²) in [5.74, 6) is -2.60. The molecule has 0 amide bonds. The molecule has 0 N–H and O–H groups in total. The first-order valence-corrected chi connectivity index (χ1v) is 12.4. The van der Waals surface area contributed by atoms with Gasteiger partial charge >= 0.3 is 23.9 Å². The lowest BCUT2D eigenvalue weighted by molar-refractivity contribution is -0.254. The van der Waals surface area contributed by atoms with Gasteiger partial charge in [0.15, 0.2) is 18.3 Å². The summed E-state index contributed by atoms with van der Waals surface area (Å²) >= 11 is 8.04. The molecule has 2 aromatic rings. The highest BCUT2D eigenvalue weighted by Crippen LogP contribution is 2.39. The molecule has 194 valence electrons. The van der Waals surface area contributed by atoms with E-state index in [1.165, 1.54) is 27.7 Å². The van der Waals surface area contributed by atoms with Gasteiger partial charge in [0, 0.05) is 44.0 Å². The lowest BCUT2D eigenvalue weighted by atomic mass is 9.89. The average molecular weight is 539 g/mol. The van der Waals surface area contributed by atoms with Crippen LogP contribution in [0.2, 0.25) is 5.02 Å². The smallest absolute Gasteiger partial charge is 0.303 e. The fourth-order valence-electron chi connectivity index (χ4n) is 4.00. The van der Waals surface area contributed by atoms with Crippen molar-refractivity contribution < 1.29 is 42.9 Å². The highest BCUT2D eigenvalue weighted by atomic mass is 35.5. The van der Waals surface area contributed by atoms with E-state index in [2.05, 4.69) is 0 Å². The second-order valence-electron chi connectivity index (χ2n) is 8.23. The maximum Gasteiger partial charge on any atom is 0.303 e. The number of rotatable bonds is 8. The number of halogens is 1. The molecule has 0 unspecified atom stereocenters. The number of benzene rings is 1. The lowest BCUT2D eigenvalue weighted by Crippen LogP contribution is -2.59. The quantitative estimate of drug-likeness (QED) is 0.365. The fourth-order valence-corrected chi connectivity index (χ4v) is 4.92. The van der Waals surface area contributed by atoms with Crippen molar-refractivity contribution in [3.05, 3.63) is 56.7 Å². The van der Waals surface area contributed by atoms with Crippen LogP contribution in [-0.4, -0.2) is 54.9 Å². The van der Waals surface area contributed by atoms with Crippen LogP contribution < -0.4 is 0 Å². The summed E-state index contributed by atoms with van der Waals surface area (Å²) in [6, 6.07) is 9.16. The first-order chi connectivity index (χ1) is 17.0. The first-order valence-electron chi connectivity index (χ1n) is 11.2. The number of hydrogen-bond donors (Lipinski definition) is 0. The van der Waals surface area contributed by atoms with E-state index in [1.54, 1.807) is 23.5 Å². The van der Waals surface area contributed by atoms with Crippen molar-refractivity contribution >= 4 is 46.8 Å². The van der Waals surface area contributed by atoms with Gasteiger partial charge in [-0.05, 0) is 28.6 Å². The first kappa shape index (κ1) is 27.6. The van der Waals surface area contributed by atoms with Gasteiger partial charge in [-0.25, -0.2) is 0 Å². The number of esters is 4. The van der Waals surface area contributed by atoms with Crippen LogP contribution in [0, 0.1) is 0 Å². The van der Waals surface area contributed by atoms with E-state index >= 15 is 0 Å². The molecule has 0 saturated carbocycles. The Labute approximate surface area is 217 Å². The normalized spacial score (nSPS) is 23.4. The van der Waals surface area contributed by atoms with Crippen molar-refractivity contribution in [3.63, 3.8) is 0 Å². The molecule has 1 aliphatic rings. The molecule has 9 nitrogen and oxygen atoms in total. The van der Waals surface area contributed by atoms with E-state index in [-0.39, 0.29) is 6.61 Å². The van der Waals surface area contributed by atoms with Crippen molar-refractivity contribution in [2.45, 2.75) is 64.6 Å². The summed E-state index contributed by atoms with van der Waals surface area (Å²) in [6.45, 7) is 4.50. The van der Waals surface area contributed by atoms with Gasteiger partial charge in [0.05, 0.1) is 0 Å². The molecule has 3 rings (SSSR count). The number of carbonyl (C=O) groups is 4. The van der Waals surface area contributed by atoms with Crippen molar-refractivity contribution in [3.8, 4) is 0 Å². The zero-order chi connectivity index (χ0) is 26.4. The van der Waals surface area contributed by atoms with Gasteiger partial charge in [-0.1, -0.05) is 29.8 Å². The maximum absolute atomic E-state index is 12.1. The van der Waals surface area contributed by atoms with E-state index in [1.807, 2.05) is 23.6 Å². The highest BCUT2D eigenvalue weighted by Gasteiger charge is 2.52. The molecular formula is C25H27ClO9S. The summed E-state index contributed by atoms with van der Waals surface area (Å²) in [5, 5.41) is 2.50. The van der Waals surface area contributed by atoms with E-state index < -0.39 is 54.4 Å². The summed E-state index contributed by atoms with van der Waals surface area (Å²) in [7, 11) is 0. The molecule has 0 bridgehead atoms. The van der Waals surface area contributed by atoms with Crippen LogP contribution in [0.3, 0.4) is 0 Å². The minimum atomic E-state index is -1.23. The Morgan fingerprint density at radius 3 is 2.11 bits per heavy atom. The molecule has 1 aliphatic heterocycles. The Morgan fingerprint density at radius 1 is 0.889 bits per heavy atom. The van der Waals surface area contributed by atoms with Crippen LogP contribution in [-0.2, 0) is 49.3 Å². The molecule has 5 atom stereocenters. The monoisotopic (exact) mass is 538 g/mol. The van der Waals surface area contributed by atoms with E-state index in [0.717, 1.165) is 10.4 Å². The molecule has 1 fully saturated rings. The second-order valence-corrected chi connectivity index (χ2v) is 9.67. The summed E-state index contributed by atoms with van der Waals surface area (Å²) in [4.78, 5) is 48.6. The van der Waals surface area contributed by atoms with Gasteiger partial charge in [-0.2, -0.15) is 0 Å². The Balaban J connectivity index is 2.06. The molecule has 1 aromatic heterocycles. The Morgan fingerprint density at radius 2 is 1.53 bits per heavy atom. The molecule has 0 spiro atoms. The third-order valence-electron chi connectivity index (χ3n) is 5.33. The van der Waals surface area contributed by atoms with Crippen LogP contribution in [0.4, 0.5) is 0 Å². The zero-order valence-electron chi connectivity index (χ0n) is 20.2. The Kier molecular flexibility index (Phi) is 9.47. The summed E-state index contributed by atoms with van der Waals surface area (Å²) < 4.78 is 27.9. The van der Waals surface area contributed by atoms with E-state index in [4.69, 9.17) is 35.3 Å². The predicted octanol–water partition coefficient (Wildman–Crippen LogP) is 3.79. The number of carbonyl (C=O) groups excluding carboxylic acids is 4. The van der Waals surface area contributed by atoms with Crippen LogP contribution >= 0.6 is 22.9 Å². The lowest BCUT2D eigenvalue weighted by Gasteiger charge is -2.44. The van der Waals surface area contributed by atoms with Gasteiger partial charge in [0.25, 0.3) is 0 Å².